The Hall–Kier alpha value is -1.63. The van der Waals surface area contributed by atoms with Crippen molar-refractivity contribution in [3.8, 4) is 0 Å². The molecule has 0 aromatic heterocycles. The SMILES string of the molecule is NC(=O)CC[C@H](NC(=O)CO)C(=O)O. The zero-order valence-corrected chi connectivity index (χ0v) is 7.40. The second-order valence-corrected chi connectivity index (χ2v) is 2.62. The Balaban J connectivity index is 4.09. The van der Waals surface area contributed by atoms with Crippen LogP contribution in [0.15, 0.2) is 0 Å². The number of aliphatic hydroxyl groups excluding tert-OH is 1. The van der Waals surface area contributed by atoms with Crippen LogP contribution in [0.2, 0.25) is 0 Å². The van der Waals surface area contributed by atoms with Gasteiger partial charge in [0, 0.05) is 6.42 Å². The molecule has 0 unspecified atom stereocenters. The lowest BCUT2D eigenvalue weighted by molar-refractivity contribution is -0.142. The number of carboxylic acid groups (broad SMARTS) is 1. The minimum Gasteiger partial charge on any atom is -0.480 e. The molecule has 0 spiro atoms. The van der Waals surface area contributed by atoms with Crippen molar-refractivity contribution in [2.24, 2.45) is 5.73 Å². The molecule has 0 aliphatic carbocycles. The molecule has 7 nitrogen and oxygen atoms in total. The van der Waals surface area contributed by atoms with Gasteiger partial charge in [-0.15, -0.1) is 0 Å². The first kappa shape index (κ1) is 12.4. The Morgan fingerprint density at radius 2 is 1.93 bits per heavy atom. The van der Waals surface area contributed by atoms with Crippen LogP contribution in [0.3, 0.4) is 0 Å². The molecule has 0 aliphatic rings. The van der Waals surface area contributed by atoms with Gasteiger partial charge < -0.3 is 21.3 Å². The van der Waals surface area contributed by atoms with E-state index in [-0.39, 0.29) is 12.8 Å². The van der Waals surface area contributed by atoms with E-state index in [1.165, 1.54) is 0 Å². The summed E-state index contributed by atoms with van der Waals surface area (Å²) in [6.07, 6.45) is -0.223. The van der Waals surface area contributed by atoms with Crippen LogP contribution < -0.4 is 11.1 Å². The summed E-state index contributed by atoms with van der Waals surface area (Å²) < 4.78 is 0. The monoisotopic (exact) mass is 204 g/mol. The number of aliphatic hydroxyl groups is 1. The number of aliphatic carboxylic acids is 1. The zero-order chi connectivity index (χ0) is 11.1. The van der Waals surface area contributed by atoms with Gasteiger partial charge in [-0.2, -0.15) is 0 Å². The summed E-state index contributed by atoms with van der Waals surface area (Å²) in [5, 5.41) is 19.0. The lowest BCUT2D eigenvalue weighted by Crippen LogP contribution is -2.42. The molecule has 0 aliphatic heterocycles. The molecule has 0 rings (SSSR count). The summed E-state index contributed by atoms with van der Waals surface area (Å²) >= 11 is 0. The maximum Gasteiger partial charge on any atom is 0.326 e. The summed E-state index contributed by atoms with van der Waals surface area (Å²) in [7, 11) is 0. The van der Waals surface area contributed by atoms with Crippen LogP contribution in [0.4, 0.5) is 0 Å². The van der Waals surface area contributed by atoms with E-state index in [1.807, 2.05) is 5.32 Å². The van der Waals surface area contributed by atoms with Gasteiger partial charge in [-0.1, -0.05) is 0 Å². The third kappa shape index (κ3) is 5.09. The van der Waals surface area contributed by atoms with E-state index in [2.05, 4.69) is 0 Å². The molecule has 0 radical (unpaired) electrons. The van der Waals surface area contributed by atoms with Gasteiger partial charge >= 0.3 is 5.97 Å². The van der Waals surface area contributed by atoms with E-state index in [0.29, 0.717) is 0 Å². The number of carbonyl (C=O) groups excluding carboxylic acids is 2. The predicted molar refractivity (Wildman–Crippen MR) is 45.1 cm³/mol. The summed E-state index contributed by atoms with van der Waals surface area (Å²) in [6, 6.07) is -1.19. The summed E-state index contributed by atoms with van der Waals surface area (Å²) in [5.74, 6) is -2.72. The first-order valence-electron chi connectivity index (χ1n) is 3.88. The maximum atomic E-state index is 10.6. The van der Waals surface area contributed by atoms with Crippen molar-refractivity contribution in [1.29, 1.82) is 0 Å². The van der Waals surface area contributed by atoms with Gasteiger partial charge in [-0.3, -0.25) is 9.59 Å². The Labute approximate surface area is 79.9 Å². The van der Waals surface area contributed by atoms with Crippen molar-refractivity contribution >= 4 is 17.8 Å². The molecule has 0 bridgehead atoms. The lowest BCUT2D eigenvalue weighted by Gasteiger charge is -2.12. The molecule has 1 atom stereocenters. The standard InChI is InChI=1S/C7H12N2O5/c8-5(11)2-1-4(7(13)14)9-6(12)3-10/h4,10H,1-3H2,(H2,8,11)(H,9,12)(H,13,14)/t4-/m0/s1. The largest absolute Gasteiger partial charge is 0.480 e. The second kappa shape index (κ2) is 5.92. The minimum atomic E-state index is -1.27. The van der Waals surface area contributed by atoms with Gasteiger partial charge in [0.1, 0.15) is 12.6 Å². The van der Waals surface area contributed by atoms with Crippen molar-refractivity contribution in [3.63, 3.8) is 0 Å². The van der Waals surface area contributed by atoms with E-state index in [1.54, 1.807) is 0 Å². The molecular formula is C7H12N2O5. The lowest BCUT2D eigenvalue weighted by atomic mass is 10.1. The smallest absolute Gasteiger partial charge is 0.326 e. The second-order valence-electron chi connectivity index (χ2n) is 2.62. The van der Waals surface area contributed by atoms with Crippen molar-refractivity contribution in [1.82, 2.24) is 5.32 Å². The highest BCUT2D eigenvalue weighted by molar-refractivity contribution is 5.84. The van der Waals surface area contributed by atoms with E-state index in [4.69, 9.17) is 15.9 Å². The molecule has 0 saturated heterocycles. The molecule has 2 amide bonds. The van der Waals surface area contributed by atoms with Gasteiger partial charge in [-0.25, -0.2) is 4.79 Å². The average molecular weight is 204 g/mol. The molecule has 0 aromatic rings. The van der Waals surface area contributed by atoms with Crippen LogP contribution in [0.25, 0.3) is 0 Å². The van der Waals surface area contributed by atoms with Crippen LogP contribution >= 0.6 is 0 Å². The quantitative estimate of drug-likeness (QED) is 0.390. The maximum absolute atomic E-state index is 10.6. The Morgan fingerprint density at radius 1 is 1.36 bits per heavy atom. The number of hydrogen-bond donors (Lipinski definition) is 4. The number of carboxylic acids is 1. The fourth-order valence-electron chi connectivity index (χ4n) is 0.784. The molecule has 0 heterocycles. The van der Waals surface area contributed by atoms with Gasteiger partial charge in [0.25, 0.3) is 0 Å². The normalized spacial score (nSPS) is 11.8. The number of nitrogens with two attached hydrogens (primary N) is 1. The molecule has 7 heteroatoms. The van der Waals surface area contributed by atoms with Crippen LogP contribution in [0.1, 0.15) is 12.8 Å². The van der Waals surface area contributed by atoms with Gasteiger partial charge in [-0.05, 0) is 6.42 Å². The third-order valence-electron chi connectivity index (χ3n) is 1.46. The van der Waals surface area contributed by atoms with Gasteiger partial charge in [0.2, 0.25) is 11.8 Å². The summed E-state index contributed by atoms with van der Waals surface area (Å²) in [6.45, 7) is -0.791. The van der Waals surface area contributed by atoms with Crippen molar-refractivity contribution in [3.05, 3.63) is 0 Å². The summed E-state index contributed by atoms with van der Waals surface area (Å²) in [4.78, 5) is 31.5. The highest BCUT2D eigenvalue weighted by Gasteiger charge is 2.19. The third-order valence-corrected chi connectivity index (χ3v) is 1.46. The Bertz CT molecular complexity index is 240. The highest BCUT2D eigenvalue weighted by atomic mass is 16.4. The molecule has 0 saturated carbocycles. The summed E-state index contributed by atoms with van der Waals surface area (Å²) in [5.41, 5.74) is 4.81. The average Bonchev–Trinajstić information content (AvgIpc) is 2.10. The van der Waals surface area contributed by atoms with Crippen LogP contribution in [0.5, 0.6) is 0 Å². The van der Waals surface area contributed by atoms with Crippen LogP contribution in [0, 0.1) is 0 Å². The van der Waals surface area contributed by atoms with Crippen molar-refractivity contribution in [2.75, 3.05) is 6.61 Å². The molecular weight excluding hydrogens is 192 g/mol. The minimum absolute atomic E-state index is 0.0869. The number of primary amides is 1. The van der Waals surface area contributed by atoms with E-state index in [0.717, 1.165) is 0 Å². The topological polar surface area (TPSA) is 130 Å². The number of nitrogens with one attached hydrogen (secondary N) is 1. The molecule has 0 aromatic carbocycles. The molecule has 5 N–H and O–H groups in total. The number of amides is 2. The van der Waals surface area contributed by atoms with Crippen molar-refractivity contribution in [2.45, 2.75) is 18.9 Å². The fourth-order valence-corrected chi connectivity index (χ4v) is 0.784. The Kier molecular flexibility index (Phi) is 5.23. The van der Waals surface area contributed by atoms with E-state index in [9.17, 15) is 14.4 Å². The molecule has 14 heavy (non-hydrogen) atoms. The van der Waals surface area contributed by atoms with E-state index >= 15 is 0 Å². The molecule has 0 fully saturated rings. The van der Waals surface area contributed by atoms with Crippen LogP contribution in [-0.4, -0.2) is 40.6 Å². The Morgan fingerprint density at radius 3 is 2.29 bits per heavy atom. The van der Waals surface area contributed by atoms with Crippen LogP contribution in [-0.2, 0) is 14.4 Å². The molecule has 80 valence electrons. The highest BCUT2D eigenvalue weighted by Crippen LogP contribution is 1.96. The van der Waals surface area contributed by atoms with Gasteiger partial charge in [0.05, 0.1) is 0 Å². The van der Waals surface area contributed by atoms with E-state index < -0.39 is 30.4 Å². The van der Waals surface area contributed by atoms with Crippen molar-refractivity contribution < 1.29 is 24.6 Å². The van der Waals surface area contributed by atoms with Gasteiger partial charge in [0.15, 0.2) is 0 Å². The number of carbonyl (C=O) groups is 3. The first-order valence-corrected chi connectivity index (χ1v) is 3.88. The zero-order valence-electron chi connectivity index (χ0n) is 7.40. The number of rotatable bonds is 6. The predicted octanol–water partition coefficient (Wildman–Crippen LogP) is -2.19. The number of hydrogen-bond acceptors (Lipinski definition) is 4. The first-order chi connectivity index (χ1) is 6.47. The fraction of sp³-hybridized carbons (Fsp3) is 0.571.